The molecule has 2 heterocycles. The molecule has 0 bridgehead atoms. The molecule has 5 heteroatoms. The van der Waals surface area contributed by atoms with Gasteiger partial charge >= 0.3 is 5.97 Å². The third-order valence-electron chi connectivity index (χ3n) is 3.53. The number of pyridine rings is 1. The summed E-state index contributed by atoms with van der Waals surface area (Å²) in [6.07, 6.45) is 2.94. The highest BCUT2D eigenvalue weighted by atomic mass is 16.4. The van der Waals surface area contributed by atoms with Crippen molar-refractivity contribution >= 4 is 11.9 Å². The highest BCUT2D eigenvalue weighted by Gasteiger charge is 2.29. The summed E-state index contributed by atoms with van der Waals surface area (Å²) in [5.41, 5.74) is 0.899. The molecule has 5 nitrogen and oxygen atoms in total. The fraction of sp³-hybridized carbons (Fsp3) is 0.500. The van der Waals surface area contributed by atoms with Crippen LogP contribution in [-0.2, 0) is 0 Å². The van der Waals surface area contributed by atoms with E-state index in [9.17, 15) is 9.59 Å². The van der Waals surface area contributed by atoms with Crippen molar-refractivity contribution in [1.29, 1.82) is 0 Å². The van der Waals surface area contributed by atoms with Gasteiger partial charge in [0.1, 0.15) is 5.69 Å². The number of likely N-dealkylation sites (tertiary alicyclic amines) is 1. The molecule has 0 aromatic carbocycles. The average molecular weight is 262 g/mol. The second kappa shape index (κ2) is 5.38. The molecule has 1 atom stereocenters. The number of carbonyl (C=O) groups excluding carboxylic acids is 1. The Morgan fingerprint density at radius 2 is 2.21 bits per heavy atom. The van der Waals surface area contributed by atoms with Crippen LogP contribution in [-0.4, -0.2) is 39.5 Å². The number of aromatic carboxylic acids is 1. The zero-order valence-corrected chi connectivity index (χ0v) is 11.2. The molecule has 102 valence electrons. The molecular formula is C14H18N2O3. The quantitative estimate of drug-likeness (QED) is 0.905. The van der Waals surface area contributed by atoms with Gasteiger partial charge in [-0.15, -0.1) is 0 Å². The van der Waals surface area contributed by atoms with Crippen LogP contribution in [0.1, 0.15) is 52.7 Å². The van der Waals surface area contributed by atoms with Gasteiger partial charge in [0.15, 0.2) is 0 Å². The molecule has 1 aromatic rings. The van der Waals surface area contributed by atoms with E-state index in [1.807, 2.05) is 4.90 Å². The number of rotatable bonds is 3. The van der Waals surface area contributed by atoms with Gasteiger partial charge in [0.2, 0.25) is 0 Å². The number of carboxylic acid groups (broad SMARTS) is 1. The van der Waals surface area contributed by atoms with Gasteiger partial charge in [-0.05, 0) is 38.3 Å². The number of hydrogen-bond donors (Lipinski definition) is 1. The monoisotopic (exact) mass is 262 g/mol. The first-order valence-corrected chi connectivity index (χ1v) is 6.56. The summed E-state index contributed by atoms with van der Waals surface area (Å²) in [5.74, 6) is -1.19. The molecular weight excluding hydrogens is 244 g/mol. The maximum absolute atomic E-state index is 12.4. The second-order valence-electron chi connectivity index (χ2n) is 4.89. The first-order chi connectivity index (χ1) is 9.02. The van der Waals surface area contributed by atoms with Gasteiger partial charge in [-0.25, -0.2) is 9.78 Å². The predicted octanol–water partition coefficient (Wildman–Crippen LogP) is 2.10. The Morgan fingerprint density at radius 3 is 2.84 bits per heavy atom. The van der Waals surface area contributed by atoms with Crippen molar-refractivity contribution in [2.24, 2.45) is 0 Å². The van der Waals surface area contributed by atoms with Gasteiger partial charge in [-0.3, -0.25) is 4.79 Å². The van der Waals surface area contributed by atoms with E-state index in [1.54, 1.807) is 6.92 Å². The summed E-state index contributed by atoms with van der Waals surface area (Å²) in [7, 11) is 0. The standard InChI is InChI=1S/C14H18N2O3/c1-3-11-5-4-6-16(11)13(17)12-8-10(14(18)19)7-9(2)15-12/h7-8,11H,3-6H2,1-2H3,(H,18,19)/t11-/m0/s1. The lowest BCUT2D eigenvalue weighted by Gasteiger charge is -2.23. The number of nitrogens with zero attached hydrogens (tertiary/aromatic N) is 2. The molecule has 19 heavy (non-hydrogen) atoms. The zero-order chi connectivity index (χ0) is 14.0. The maximum atomic E-state index is 12.4. The van der Waals surface area contributed by atoms with Crippen LogP contribution in [0, 0.1) is 6.92 Å². The molecule has 1 aliphatic rings. The Morgan fingerprint density at radius 1 is 1.47 bits per heavy atom. The van der Waals surface area contributed by atoms with Gasteiger partial charge in [0.25, 0.3) is 5.91 Å². The number of carbonyl (C=O) groups is 2. The van der Waals surface area contributed by atoms with E-state index in [0.29, 0.717) is 5.69 Å². The Bertz CT molecular complexity index is 513. The molecule has 1 amide bonds. The van der Waals surface area contributed by atoms with Crippen molar-refractivity contribution in [2.75, 3.05) is 6.54 Å². The van der Waals surface area contributed by atoms with Crippen LogP contribution in [0.2, 0.25) is 0 Å². The summed E-state index contributed by atoms with van der Waals surface area (Å²) < 4.78 is 0. The number of amides is 1. The molecule has 0 spiro atoms. The lowest BCUT2D eigenvalue weighted by atomic mass is 10.1. The van der Waals surface area contributed by atoms with Crippen molar-refractivity contribution in [3.05, 3.63) is 29.1 Å². The zero-order valence-electron chi connectivity index (χ0n) is 11.2. The minimum atomic E-state index is -1.03. The number of hydrogen-bond acceptors (Lipinski definition) is 3. The summed E-state index contributed by atoms with van der Waals surface area (Å²) in [6.45, 7) is 4.49. The average Bonchev–Trinajstić information content (AvgIpc) is 2.85. The summed E-state index contributed by atoms with van der Waals surface area (Å²) >= 11 is 0. The Hall–Kier alpha value is -1.91. The van der Waals surface area contributed by atoms with E-state index < -0.39 is 5.97 Å². The van der Waals surface area contributed by atoms with Crippen LogP contribution in [0.15, 0.2) is 12.1 Å². The van der Waals surface area contributed by atoms with Gasteiger partial charge < -0.3 is 10.0 Å². The van der Waals surface area contributed by atoms with Crippen molar-refractivity contribution in [2.45, 2.75) is 39.2 Å². The van der Waals surface area contributed by atoms with Crippen molar-refractivity contribution in [3.8, 4) is 0 Å². The highest BCUT2D eigenvalue weighted by molar-refractivity contribution is 5.96. The molecule has 0 aliphatic carbocycles. The second-order valence-corrected chi connectivity index (χ2v) is 4.89. The third-order valence-corrected chi connectivity index (χ3v) is 3.53. The largest absolute Gasteiger partial charge is 0.478 e. The van der Waals surface area contributed by atoms with E-state index in [4.69, 9.17) is 5.11 Å². The molecule has 1 aliphatic heterocycles. The minimum Gasteiger partial charge on any atom is -0.478 e. The molecule has 0 unspecified atom stereocenters. The molecule has 0 saturated carbocycles. The summed E-state index contributed by atoms with van der Waals surface area (Å²) in [6, 6.07) is 3.09. The van der Waals surface area contributed by atoms with Crippen molar-refractivity contribution in [1.82, 2.24) is 9.88 Å². The number of aryl methyl sites for hydroxylation is 1. The fourth-order valence-corrected chi connectivity index (χ4v) is 2.58. The number of aromatic nitrogens is 1. The van der Waals surface area contributed by atoms with Crippen LogP contribution < -0.4 is 0 Å². The Balaban J connectivity index is 2.30. The first kappa shape index (κ1) is 13.5. The smallest absolute Gasteiger partial charge is 0.335 e. The molecule has 1 aromatic heterocycles. The summed E-state index contributed by atoms with van der Waals surface area (Å²) in [4.78, 5) is 29.4. The SMILES string of the molecule is CC[C@H]1CCCN1C(=O)c1cc(C(=O)O)cc(C)n1. The number of carboxylic acids is 1. The lowest BCUT2D eigenvalue weighted by molar-refractivity contribution is 0.0696. The van der Waals surface area contributed by atoms with Gasteiger partial charge in [-0.1, -0.05) is 6.92 Å². The van der Waals surface area contributed by atoms with E-state index >= 15 is 0 Å². The maximum Gasteiger partial charge on any atom is 0.335 e. The van der Waals surface area contributed by atoms with Crippen LogP contribution in [0.4, 0.5) is 0 Å². The van der Waals surface area contributed by atoms with Crippen LogP contribution in [0.25, 0.3) is 0 Å². The van der Waals surface area contributed by atoms with Crippen molar-refractivity contribution in [3.63, 3.8) is 0 Å². The lowest BCUT2D eigenvalue weighted by Crippen LogP contribution is -2.35. The molecule has 2 rings (SSSR count). The molecule has 1 fully saturated rings. The van der Waals surface area contributed by atoms with Crippen LogP contribution >= 0.6 is 0 Å². The van der Waals surface area contributed by atoms with Gasteiger partial charge in [0.05, 0.1) is 5.56 Å². The molecule has 1 N–H and O–H groups in total. The normalized spacial score (nSPS) is 18.6. The van der Waals surface area contributed by atoms with E-state index in [2.05, 4.69) is 11.9 Å². The Labute approximate surface area is 112 Å². The van der Waals surface area contributed by atoms with Crippen molar-refractivity contribution < 1.29 is 14.7 Å². The molecule has 1 saturated heterocycles. The Kier molecular flexibility index (Phi) is 3.83. The van der Waals surface area contributed by atoms with Crippen LogP contribution in [0.3, 0.4) is 0 Å². The van der Waals surface area contributed by atoms with Gasteiger partial charge in [-0.2, -0.15) is 0 Å². The fourth-order valence-electron chi connectivity index (χ4n) is 2.58. The minimum absolute atomic E-state index is 0.114. The van der Waals surface area contributed by atoms with Crippen LogP contribution in [0.5, 0.6) is 0 Å². The predicted molar refractivity (Wildman–Crippen MR) is 70.3 cm³/mol. The first-order valence-electron chi connectivity index (χ1n) is 6.56. The topological polar surface area (TPSA) is 70.5 Å². The van der Waals surface area contributed by atoms with E-state index in [1.165, 1.54) is 12.1 Å². The van der Waals surface area contributed by atoms with E-state index in [0.717, 1.165) is 25.8 Å². The van der Waals surface area contributed by atoms with E-state index in [-0.39, 0.29) is 23.2 Å². The van der Waals surface area contributed by atoms with Gasteiger partial charge in [0, 0.05) is 18.3 Å². The molecule has 0 radical (unpaired) electrons. The third kappa shape index (κ3) is 2.75. The highest BCUT2D eigenvalue weighted by Crippen LogP contribution is 2.22. The summed E-state index contributed by atoms with van der Waals surface area (Å²) in [5, 5.41) is 9.03.